The second-order valence-corrected chi connectivity index (χ2v) is 4.46. The third-order valence-corrected chi connectivity index (χ3v) is 3.59. The molecule has 1 saturated heterocycles. The van der Waals surface area contributed by atoms with Crippen LogP contribution in [0.2, 0.25) is 0 Å². The van der Waals surface area contributed by atoms with E-state index in [-0.39, 0.29) is 0 Å². The van der Waals surface area contributed by atoms with E-state index in [0.29, 0.717) is 16.5 Å². The first-order chi connectivity index (χ1) is 7.74. The molecule has 6 heteroatoms. The van der Waals surface area contributed by atoms with Crippen molar-refractivity contribution in [2.75, 3.05) is 26.1 Å². The first-order valence-corrected chi connectivity index (χ1v) is 5.92. The molecule has 1 aromatic rings. The number of methoxy groups -OCH3 is 1. The van der Waals surface area contributed by atoms with Crippen LogP contribution in [-0.2, 0) is 9.47 Å². The zero-order valence-corrected chi connectivity index (χ0v) is 9.88. The average molecular weight is 242 g/mol. The SMILES string of the molecule is COC(=O)c1snc(C2CCOCC2)c1N. The Balaban J connectivity index is 2.21. The highest BCUT2D eigenvalue weighted by molar-refractivity contribution is 7.08. The lowest BCUT2D eigenvalue weighted by Crippen LogP contribution is -2.15. The molecule has 1 aromatic heterocycles. The summed E-state index contributed by atoms with van der Waals surface area (Å²) in [7, 11) is 1.34. The summed E-state index contributed by atoms with van der Waals surface area (Å²) in [6.07, 6.45) is 1.82. The third kappa shape index (κ3) is 2.03. The zero-order chi connectivity index (χ0) is 11.5. The number of nitrogen functional groups attached to an aromatic ring is 1. The summed E-state index contributed by atoms with van der Waals surface area (Å²) in [6.45, 7) is 1.46. The predicted molar refractivity (Wildman–Crippen MR) is 60.7 cm³/mol. The maximum Gasteiger partial charge on any atom is 0.351 e. The molecular weight excluding hydrogens is 228 g/mol. The summed E-state index contributed by atoms with van der Waals surface area (Å²) in [5.74, 6) is -0.100. The summed E-state index contributed by atoms with van der Waals surface area (Å²) >= 11 is 1.11. The fourth-order valence-corrected chi connectivity index (χ4v) is 2.61. The first kappa shape index (κ1) is 11.3. The van der Waals surface area contributed by atoms with Gasteiger partial charge in [0.25, 0.3) is 0 Å². The van der Waals surface area contributed by atoms with Crippen molar-refractivity contribution in [2.45, 2.75) is 18.8 Å². The summed E-state index contributed by atoms with van der Waals surface area (Å²) < 4.78 is 14.2. The number of aromatic nitrogens is 1. The molecule has 1 aliphatic heterocycles. The van der Waals surface area contributed by atoms with Crippen molar-refractivity contribution < 1.29 is 14.3 Å². The molecule has 0 saturated carbocycles. The van der Waals surface area contributed by atoms with E-state index in [2.05, 4.69) is 9.11 Å². The fourth-order valence-electron chi connectivity index (χ4n) is 1.81. The van der Waals surface area contributed by atoms with Gasteiger partial charge in [-0.2, -0.15) is 4.37 Å². The molecule has 0 aliphatic carbocycles. The number of carbonyl (C=O) groups is 1. The Labute approximate surface area is 97.7 Å². The Hall–Kier alpha value is -1.14. The molecule has 1 aliphatic rings. The van der Waals surface area contributed by atoms with Gasteiger partial charge in [-0.05, 0) is 24.4 Å². The smallest absolute Gasteiger partial charge is 0.351 e. The standard InChI is InChI=1S/C10H14N2O3S/c1-14-10(13)9-7(11)8(12-16-9)6-2-4-15-5-3-6/h6H,2-5,11H2,1H3. The molecule has 0 aromatic carbocycles. The highest BCUT2D eigenvalue weighted by atomic mass is 32.1. The van der Waals surface area contributed by atoms with Crippen LogP contribution in [-0.4, -0.2) is 30.7 Å². The number of carbonyl (C=O) groups excluding carboxylic acids is 1. The number of esters is 1. The van der Waals surface area contributed by atoms with Crippen molar-refractivity contribution in [3.8, 4) is 0 Å². The highest BCUT2D eigenvalue weighted by Crippen LogP contribution is 2.33. The first-order valence-electron chi connectivity index (χ1n) is 5.15. The Kier molecular flexibility index (Phi) is 3.40. The molecule has 16 heavy (non-hydrogen) atoms. The van der Waals surface area contributed by atoms with E-state index >= 15 is 0 Å². The second kappa shape index (κ2) is 4.80. The summed E-state index contributed by atoms with van der Waals surface area (Å²) in [4.78, 5) is 11.8. The van der Waals surface area contributed by atoms with Crippen LogP contribution < -0.4 is 5.73 Å². The summed E-state index contributed by atoms with van der Waals surface area (Å²) in [5, 5.41) is 0. The Morgan fingerprint density at radius 1 is 1.56 bits per heavy atom. The van der Waals surface area contributed by atoms with Gasteiger partial charge in [-0.1, -0.05) is 0 Å². The number of nitrogens with two attached hydrogens (primary N) is 1. The van der Waals surface area contributed by atoms with Crippen molar-refractivity contribution in [3.63, 3.8) is 0 Å². The number of anilines is 1. The third-order valence-electron chi connectivity index (χ3n) is 2.73. The molecule has 1 fully saturated rings. The van der Waals surface area contributed by atoms with Crippen LogP contribution in [0.4, 0.5) is 5.69 Å². The fraction of sp³-hybridized carbons (Fsp3) is 0.600. The summed E-state index contributed by atoms with van der Waals surface area (Å²) in [6, 6.07) is 0. The molecule has 5 nitrogen and oxygen atoms in total. The van der Waals surface area contributed by atoms with Gasteiger partial charge in [0, 0.05) is 19.1 Å². The number of nitrogens with zero attached hydrogens (tertiary/aromatic N) is 1. The van der Waals surface area contributed by atoms with Crippen LogP contribution in [0.25, 0.3) is 0 Å². The summed E-state index contributed by atoms with van der Waals surface area (Å²) in [5.41, 5.74) is 7.22. The van der Waals surface area contributed by atoms with Crippen LogP contribution in [0, 0.1) is 0 Å². The van der Waals surface area contributed by atoms with E-state index in [1.807, 2.05) is 0 Å². The van der Waals surface area contributed by atoms with Crippen molar-refractivity contribution in [3.05, 3.63) is 10.6 Å². The van der Waals surface area contributed by atoms with Gasteiger partial charge in [-0.15, -0.1) is 0 Å². The molecule has 0 radical (unpaired) electrons. The number of rotatable bonds is 2. The van der Waals surface area contributed by atoms with Crippen LogP contribution >= 0.6 is 11.5 Å². The van der Waals surface area contributed by atoms with Gasteiger partial charge in [0.1, 0.15) is 0 Å². The largest absolute Gasteiger partial charge is 0.465 e. The molecule has 0 atom stereocenters. The van der Waals surface area contributed by atoms with Gasteiger partial charge in [0.05, 0.1) is 18.5 Å². The molecular formula is C10H14N2O3S. The zero-order valence-electron chi connectivity index (χ0n) is 9.06. The topological polar surface area (TPSA) is 74.4 Å². The molecule has 0 amide bonds. The highest BCUT2D eigenvalue weighted by Gasteiger charge is 2.25. The maximum absolute atomic E-state index is 11.4. The number of hydrogen-bond acceptors (Lipinski definition) is 6. The van der Waals surface area contributed by atoms with Gasteiger partial charge in [-0.3, -0.25) is 0 Å². The molecule has 0 spiro atoms. The van der Waals surface area contributed by atoms with Crippen molar-refractivity contribution in [1.82, 2.24) is 4.37 Å². The number of ether oxygens (including phenoxy) is 2. The van der Waals surface area contributed by atoms with Crippen LogP contribution in [0.3, 0.4) is 0 Å². The maximum atomic E-state index is 11.4. The molecule has 0 bridgehead atoms. The van der Waals surface area contributed by atoms with E-state index in [0.717, 1.165) is 43.3 Å². The van der Waals surface area contributed by atoms with Gasteiger partial charge in [0.2, 0.25) is 0 Å². The second-order valence-electron chi connectivity index (χ2n) is 3.69. The number of hydrogen-bond donors (Lipinski definition) is 1. The molecule has 2 heterocycles. The Morgan fingerprint density at radius 2 is 2.25 bits per heavy atom. The minimum absolute atomic E-state index is 0.309. The normalized spacial score (nSPS) is 17.3. The van der Waals surface area contributed by atoms with E-state index < -0.39 is 5.97 Å². The van der Waals surface area contributed by atoms with Crippen molar-refractivity contribution >= 4 is 23.2 Å². The van der Waals surface area contributed by atoms with E-state index in [1.165, 1.54) is 7.11 Å². The molecule has 2 rings (SSSR count). The minimum atomic E-state index is -0.409. The lowest BCUT2D eigenvalue weighted by molar-refractivity contribution is 0.0607. The van der Waals surface area contributed by atoms with Gasteiger partial charge >= 0.3 is 5.97 Å². The van der Waals surface area contributed by atoms with Gasteiger partial charge in [0.15, 0.2) is 4.88 Å². The van der Waals surface area contributed by atoms with E-state index in [9.17, 15) is 4.79 Å². The van der Waals surface area contributed by atoms with Crippen LogP contribution in [0.1, 0.15) is 34.1 Å². The predicted octanol–water partition coefficient (Wildman–Crippen LogP) is 1.41. The van der Waals surface area contributed by atoms with Crippen molar-refractivity contribution in [1.29, 1.82) is 0 Å². The van der Waals surface area contributed by atoms with Crippen LogP contribution in [0.15, 0.2) is 0 Å². The Bertz CT molecular complexity index is 385. The van der Waals surface area contributed by atoms with Crippen molar-refractivity contribution in [2.24, 2.45) is 0 Å². The van der Waals surface area contributed by atoms with E-state index in [4.69, 9.17) is 10.5 Å². The lowest BCUT2D eigenvalue weighted by Gasteiger charge is -2.20. The molecule has 88 valence electrons. The quantitative estimate of drug-likeness (QED) is 0.793. The molecule has 0 unspecified atom stereocenters. The average Bonchev–Trinajstić information content (AvgIpc) is 2.71. The van der Waals surface area contributed by atoms with Gasteiger partial charge < -0.3 is 15.2 Å². The monoisotopic (exact) mass is 242 g/mol. The minimum Gasteiger partial charge on any atom is -0.465 e. The van der Waals surface area contributed by atoms with Gasteiger partial charge in [-0.25, -0.2) is 4.79 Å². The molecule has 2 N–H and O–H groups in total. The Morgan fingerprint density at radius 3 is 2.88 bits per heavy atom. The lowest BCUT2D eigenvalue weighted by atomic mass is 9.95. The van der Waals surface area contributed by atoms with E-state index in [1.54, 1.807) is 0 Å². The van der Waals surface area contributed by atoms with Crippen LogP contribution in [0.5, 0.6) is 0 Å².